The van der Waals surface area contributed by atoms with E-state index in [9.17, 15) is 19.5 Å². The lowest BCUT2D eigenvalue weighted by molar-refractivity contribution is -0.870. The maximum absolute atomic E-state index is 12.9. The SMILES string of the molecule is CCCCCCC/C=C\C/C=C\CCCCCCCCCCCCCCCCCCCCCCCCCCCC(=O)OC(COC(=O)CCCCCCCCC/C=C\CCCCCCCCC)COC(OCC[N+](C)(C)C)C(=O)[O-]. The van der Waals surface area contributed by atoms with E-state index in [1.54, 1.807) is 0 Å². The Bertz CT molecular complexity index is 1410. The lowest BCUT2D eigenvalue weighted by Gasteiger charge is -2.26. The second-order valence-corrected chi connectivity index (χ2v) is 24.8. The van der Waals surface area contributed by atoms with Crippen molar-refractivity contribution in [2.45, 2.75) is 354 Å². The van der Waals surface area contributed by atoms with Crippen LogP contribution in [-0.2, 0) is 33.3 Å². The molecular weight excluding hydrogens is 995 g/mol. The number of nitrogens with zero attached hydrogens (tertiary/aromatic N) is 1. The van der Waals surface area contributed by atoms with Gasteiger partial charge in [-0.15, -0.1) is 0 Å². The molecule has 0 aliphatic carbocycles. The Morgan fingerprint density at radius 1 is 0.375 bits per heavy atom. The van der Waals surface area contributed by atoms with E-state index in [2.05, 4.69) is 50.3 Å². The van der Waals surface area contributed by atoms with Crippen molar-refractivity contribution in [2.24, 2.45) is 0 Å². The van der Waals surface area contributed by atoms with Gasteiger partial charge in [0.25, 0.3) is 0 Å². The van der Waals surface area contributed by atoms with Crippen LogP contribution in [0, 0.1) is 0 Å². The molecule has 0 rings (SSSR count). The number of carbonyl (C=O) groups excluding carboxylic acids is 3. The van der Waals surface area contributed by atoms with Crippen LogP contribution in [0.1, 0.15) is 341 Å². The van der Waals surface area contributed by atoms with Gasteiger partial charge >= 0.3 is 11.9 Å². The van der Waals surface area contributed by atoms with Crippen molar-refractivity contribution in [2.75, 3.05) is 47.5 Å². The summed E-state index contributed by atoms with van der Waals surface area (Å²) in [4.78, 5) is 37.4. The zero-order valence-corrected chi connectivity index (χ0v) is 53.7. The van der Waals surface area contributed by atoms with Crippen LogP contribution in [0.15, 0.2) is 36.5 Å². The second-order valence-electron chi connectivity index (χ2n) is 24.8. The molecule has 0 aliphatic rings. The van der Waals surface area contributed by atoms with Crippen LogP contribution in [0.2, 0.25) is 0 Å². The first kappa shape index (κ1) is 77.5. The molecule has 0 saturated heterocycles. The molecule has 0 bridgehead atoms. The van der Waals surface area contributed by atoms with Gasteiger partial charge in [-0.1, -0.05) is 294 Å². The Morgan fingerprint density at radius 2 is 0.675 bits per heavy atom. The summed E-state index contributed by atoms with van der Waals surface area (Å²) < 4.78 is 22.8. The summed E-state index contributed by atoms with van der Waals surface area (Å²) in [6.07, 6.45) is 75.2. The normalized spacial score (nSPS) is 12.9. The number of esters is 2. The molecule has 0 aliphatic heterocycles. The molecule has 0 spiro atoms. The lowest BCUT2D eigenvalue weighted by atomic mass is 10.0. The average molecular weight is 1130 g/mol. The van der Waals surface area contributed by atoms with E-state index in [0.29, 0.717) is 17.4 Å². The van der Waals surface area contributed by atoms with E-state index in [1.807, 2.05) is 21.1 Å². The molecule has 2 atom stereocenters. The number of hydrogen-bond acceptors (Lipinski definition) is 8. The van der Waals surface area contributed by atoms with Crippen LogP contribution in [0.5, 0.6) is 0 Å². The summed E-state index contributed by atoms with van der Waals surface area (Å²) in [5.41, 5.74) is 0. The zero-order chi connectivity index (χ0) is 58.3. The lowest BCUT2D eigenvalue weighted by Crippen LogP contribution is -2.44. The Labute approximate surface area is 496 Å². The van der Waals surface area contributed by atoms with Crippen LogP contribution in [0.3, 0.4) is 0 Å². The molecule has 0 aromatic heterocycles. The van der Waals surface area contributed by atoms with Crippen molar-refractivity contribution in [3.8, 4) is 0 Å². The summed E-state index contributed by atoms with van der Waals surface area (Å²) in [5, 5.41) is 11.8. The van der Waals surface area contributed by atoms with Gasteiger partial charge in [0.1, 0.15) is 13.2 Å². The fourth-order valence-corrected chi connectivity index (χ4v) is 10.3. The molecular formula is C71H133NO8. The number of aliphatic carboxylic acids is 1. The summed E-state index contributed by atoms with van der Waals surface area (Å²) in [7, 11) is 5.94. The third-order valence-corrected chi connectivity index (χ3v) is 15.6. The quantitative estimate of drug-likeness (QED) is 0.0195. The topological polar surface area (TPSA) is 111 Å². The van der Waals surface area contributed by atoms with Gasteiger partial charge < -0.3 is 33.3 Å². The van der Waals surface area contributed by atoms with E-state index < -0.39 is 24.3 Å². The molecule has 9 heteroatoms. The van der Waals surface area contributed by atoms with Crippen molar-refractivity contribution in [1.82, 2.24) is 0 Å². The summed E-state index contributed by atoms with van der Waals surface area (Å²) in [6, 6.07) is 0. The second kappa shape index (κ2) is 62.6. The largest absolute Gasteiger partial charge is 0.545 e. The molecule has 0 amide bonds. The van der Waals surface area contributed by atoms with Crippen molar-refractivity contribution in [3.63, 3.8) is 0 Å². The molecule has 80 heavy (non-hydrogen) atoms. The van der Waals surface area contributed by atoms with Gasteiger partial charge in [-0.2, -0.15) is 0 Å². The van der Waals surface area contributed by atoms with Crippen LogP contribution in [0.4, 0.5) is 0 Å². The van der Waals surface area contributed by atoms with Gasteiger partial charge in [0.05, 0.1) is 40.3 Å². The van der Waals surface area contributed by atoms with Crippen LogP contribution in [-0.4, -0.2) is 82.3 Å². The number of allylic oxidation sites excluding steroid dienone is 6. The van der Waals surface area contributed by atoms with Crippen molar-refractivity contribution < 1.29 is 42.9 Å². The number of hydrogen-bond donors (Lipinski definition) is 0. The number of likely N-dealkylation sites (N-methyl/N-ethyl adjacent to an activating group) is 1. The minimum atomic E-state index is -1.62. The summed E-state index contributed by atoms with van der Waals surface area (Å²) >= 11 is 0. The molecule has 0 aromatic rings. The summed E-state index contributed by atoms with van der Waals surface area (Å²) in [6.45, 7) is 4.78. The Balaban J connectivity index is 3.99. The number of ether oxygens (including phenoxy) is 4. The number of carboxylic acids is 1. The minimum Gasteiger partial charge on any atom is -0.545 e. The van der Waals surface area contributed by atoms with E-state index in [1.165, 1.54) is 270 Å². The first-order valence-corrected chi connectivity index (χ1v) is 34.6. The van der Waals surface area contributed by atoms with E-state index in [0.717, 1.165) is 44.9 Å². The number of carboxylic acid groups (broad SMARTS) is 1. The number of quaternary nitrogens is 1. The maximum Gasteiger partial charge on any atom is 0.306 e. The van der Waals surface area contributed by atoms with Crippen LogP contribution in [0.25, 0.3) is 0 Å². The van der Waals surface area contributed by atoms with E-state index in [-0.39, 0.29) is 32.2 Å². The highest BCUT2D eigenvalue weighted by Gasteiger charge is 2.22. The van der Waals surface area contributed by atoms with E-state index in [4.69, 9.17) is 18.9 Å². The highest BCUT2D eigenvalue weighted by atomic mass is 16.7. The van der Waals surface area contributed by atoms with Crippen molar-refractivity contribution >= 4 is 17.9 Å². The third-order valence-electron chi connectivity index (χ3n) is 15.6. The van der Waals surface area contributed by atoms with Gasteiger partial charge in [0.2, 0.25) is 0 Å². The molecule has 0 aromatic carbocycles. The molecule has 2 unspecified atom stereocenters. The predicted octanol–water partition coefficient (Wildman–Crippen LogP) is 19.9. The number of unbranched alkanes of at least 4 members (excludes halogenated alkanes) is 44. The Hall–Kier alpha value is -2.49. The average Bonchev–Trinajstić information content (AvgIpc) is 3.43. The van der Waals surface area contributed by atoms with Gasteiger partial charge in [0, 0.05) is 12.8 Å². The van der Waals surface area contributed by atoms with Gasteiger partial charge in [0.15, 0.2) is 12.4 Å². The van der Waals surface area contributed by atoms with Gasteiger partial charge in [-0.05, 0) is 70.6 Å². The van der Waals surface area contributed by atoms with Crippen LogP contribution < -0.4 is 5.11 Å². The minimum absolute atomic E-state index is 0.150. The predicted molar refractivity (Wildman–Crippen MR) is 339 cm³/mol. The molecule has 9 nitrogen and oxygen atoms in total. The maximum atomic E-state index is 12.9. The molecule has 0 fully saturated rings. The van der Waals surface area contributed by atoms with Crippen LogP contribution >= 0.6 is 0 Å². The van der Waals surface area contributed by atoms with Gasteiger partial charge in [-0.3, -0.25) is 9.59 Å². The molecule has 470 valence electrons. The standard InChI is InChI=1S/C71H133NO8/c1-6-8-10-12-14-16-18-20-22-24-26-27-28-29-30-31-32-33-34-35-36-37-38-39-40-41-42-43-44-46-48-50-52-54-56-58-60-62-69(74)80-67(66-79-71(70(75)76)77-64-63-72(3,4)5)65-78-68(73)61-59-57-55-53-51-49-47-45-25-23-21-19-17-15-13-11-9-7-2/h18,20,23-26,67,71H,6-17,19,21-22,27-66H2,1-5H3/b20-18-,25-23-,26-24-. The molecule has 0 N–H and O–H groups in total. The van der Waals surface area contributed by atoms with Crippen molar-refractivity contribution in [3.05, 3.63) is 36.5 Å². The summed E-state index contributed by atoms with van der Waals surface area (Å²) in [5.74, 6) is -2.26. The molecule has 0 heterocycles. The fraction of sp³-hybridized carbons (Fsp3) is 0.873. The van der Waals surface area contributed by atoms with E-state index >= 15 is 0 Å². The monoisotopic (exact) mass is 1130 g/mol. The zero-order valence-electron chi connectivity index (χ0n) is 53.7. The highest BCUT2D eigenvalue weighted by Crippen LogP contribution is 2.18. The Kier molecular flexibility index (Phi) is 60.6. The molecule has 0 radical (unpaired) electrons. The highest BCUT2D eigenvalue weighted by molar-refractivity contribution is 5.70. The first-order valence-electron chi connectivity index (χ1n) is 34.6. The van der Waals surface area contributed by atoms with Gasteiger partial charge in [-0.25, -0.2) is 0 Å². The third kappa shape index (κ3) is 63.1. The smallest absolute Gasteiger partial charge is 0.306 e. The first-order chi connectivity index (χ1) is 39.1. The number of rotatable bonds is 65. The molecule has 0 saturated carbocycles. The number of carbonyl (C=O) groups is 3. The van der Waals surface area contributed by atoms with Crippen molar-refractivity contribution in [1.29, 1.82) is 0 Å². The Morgan fingerprint density at radius 3 is 1.00 bits per heavy atom. The fourth-order valence-electron chi connectivity index (χ4n) is 10.3.